The summed E-state index contributed by atoms with van der Waals surface area (Å²) >= 11 is 0. The van der Waals surface area contributed by atoms with Crippen molar-refractivity contribution in [1.82, 2.24) is 0 Å². The summed E-state index contributed by atoms with van der Waals surface area (Å²) in [6, 6.07) is 14.5. The maximum Gasteiger partial charge on any atom is 0.348 e. The van der Waals surface area contributed by atoms with E-state index >= 15 is 0 Å². The summed E-state index contributed by atoms with van der Waals surface area (Å²) in [5, 5.41) is 0. The SMILES string of the molecule is CC(C)(F)C(=O)Oc1ccccc1C(=O)Oc1ccccc1. The van der Waals surface area contributed by atoms with E-state index in [2.05, 4.69) is 0 Å². The molecule has 2 aromatic rings. The Balaban J connectivity index is 2.21. The molecule has 0 fully saturated rings. The Morgan fingerprint density at radius 1 is 0.909 bits per heavy atom. The molecule has 22 heavy (non-hydrogen) atoms. The fourth-order valence-electron chi connectivity index (χ4n) is 1.60. The highest BCUT2D eigenvalue weighted by molar-refractivity contribution is 5.95. The van der Waals surface area contributed by atoms with Gasteiger partial charge in [0, 0.05) is 0 Å². The van der Waals surface area contributed by atoms with Gasteiger partial charge in [0.2, 0.25) is 5.67 Å². The van der Waals surface area contributed by atoms with Crippen LogP contribution in [0.1, 0.15) is 24.2 Å². The number of alkyl halides is 1. The van der Waals surface area contributed by atoms with Gasteiger partial charge in [-0.2, -0.15) is 0 Å². The van der Waals surface area contributed by atoms with Crippen molar-refractivity contribution in [3.05, 3.63) is 60.2 Å². The summed E-state index contributed by atoms with van der Waals surface area (Å²) in [5.41, 5.74) is -2.11. The molecule has 0 radical (unpaired) electrons. The van der Waals surface area contributed by atoms with Crippen molar-refractivity contribution >= 4 is 11.9 Å². The summed E-state index contributed by atoms with van der Waals surface area (Å²) in [7, 11) is 0. The van der Waals surface area contributed by atoms with Crippen LogP contribution in [0, 0.1) is 0 Å². The molecular formula is C17H15FO4. The summed E-state index contributed by atoms with van der Waals surface area (Å²) in [6.45, 7) is 2.17. The van der Waals surface area contributed by atoms with Gasteiger partial charge in [-0.3, -0.25) is 0 Å². The third-order valence-electron chi connectivity index (χ3n) is 2.75. The number of ether oxygens (including phenoxy) is 2. The van der Waals surface area contributed by atoms with Crippen molar-refractivity contribution < 1.29 is 23.5 Å². The number of esters is 2. The van der Waals surface area contributed by atoms with Gasteiger partial charge in [-0.1, -0.05) is 30.3 Å². The van der Waals surface area contributed by atoms with Crippen LogP contribution in [0.4, 0.5) is 4.39 Å². The third-order valence-corrected chi connectivity index (χ3v) is 2.75. The molecule has 0 heterocycles. The molecule has 0 bridgehead atoms. The predicted molar refractivity (Wildman–Crippen MR) is 78.7 cm³/mol. The first-order valence-corrected chi connectivity index (χ1v) is 6.65. The second-order valence-corrected chi connectivity index (χ2v) is 5.06. The van der Waals surface area contributed by atoms with E-state index in [0.717, 1.165) is 13.8 Å². The average Bonchev–Trinajstić information content (AvgIpc) is 2.47. The van der Waals surface area contributed by atoms with Crippen LogP contribution in [-0.4, -0.2) is 17.6 Å². The first-order chi connectivity index (χ1) is 10.4. The Labute approximate surface area is 127 Å². The molecule has 0 aliphatic heterocycles. The minimum atomic E-state index is -2.16. The molecule has 4 nitrogen and oxygen atoms in total. The zero-order chi connectivity index (χ0) is 16.2. The zero-order valence-corrected chi connectivity index (χ0v) is 12.2. The van der Waals surface area contributed by atoms with E-state index in [0.29, 0.717) is 5.75 Å². The van der Waals surface area contributed by atoms with Crippen LogP contribution >= 0.6 is 0 Å². The zero-order valence-electron chi connectivity index (χ0n) is 12.2. The molecule has 5 heteroatoms. The van der Waals surface area contributed by atoms with Crippen molar-refractivity contribution in [1.29, 1.82) is 0 Å². The van der Waals surface area contributed by atoms with Gasteiger partial charge in [0.25, 0.3) is 0 Å². The number of benzene rings is 2. The van der Waals surface area contributed by atoms with Gasteiger partial charge < -0.3 is 9.47 Å². The largest absolute Gasteiger partial charge is 0.423 e. The van der Waals surface area contributed by atoms with Crippen LogP contribution in [0.5, 0.6) is 11.5 Å². The van der Waals surface area contributed by atoms with Gasteiger partial charge in [0.1, 0.15) is 17.1 Å². The smallest absolute Gasteiger partial charge is 0.348 e. The van der Waals surface area contributed by atoms with Crippen molar-refractivity contribution in [3.63, 3.8) is 0 Å². The molecule has 0 saturated carbocycles. The van der Waals surface area contributed by atoms with Gasteiger partial charge in [-0.05, 0) is 38.1 Å². The quantitative estimate of drug-likeness (QED) is 0.640. The normalized spacial score (nSPS) is 10.9. The highest BCUT2D eigenvalue weighted by atomic mass is 19.1. The van der Waals surface area contributed by atoms with Crippen molar-refractivity contribution in [2.75, 3.05) is 0 Å². The number of carbonyl (C=O) groups excluding carboxylic acids is 2. The van der Waals surface area contributed by atoms with E-state index in [4.69, 9.17) is 9.47 Å². The van der Waals surface area contributed by atoms with Crippen LogP contribution in [0.25, 0.3) is 0 Å². The van der Waals surface area contributed by atoms with Crippen LogP contribution < -0.4 is 9.47 Å². The molecule has 0 unspecified atom stereocenters. The first-order valence-electron chi connectivity index (χ1n) is 6.65. The lowest BCUT2D eigenvalue weighted by Gasteiger charge is -2.14. The number of hydrogen-bond donors (Lipinski definition) is 0. The van der Waals surface area contributed by atoms with Crippen molar-refractivity contribution in [2.24, 2.45) is 0 Å². The number of rotatable bonds is 4. The first kappa shape index (κ1) is 15.7. The van der Waals surface area contributed by atoms with Gasteiger partial charge in [0.05, 0.1) is 0 Å². The Bertz CT molecular complexity index is 675. The van der Waals surface area contributed by atoms with Gasteiger partial charge in [0.15, 0.2) is 0 Å². The van der Waals surface area contributed by atoms with E-state index < -0.39 is 17.6 Å². The molecular weight excluding hydrogens is 287 g/mol. The lowest BCUT2D eigenvalue weighted by atomic mass is 10.1. The lowest BCUT2D eigenvalue weighted by molar-refractivity contribution is -0.145. The summed E-state index contributed by atoms with van der Waals surface area (Å²) in [5.74, 6) is -1.45. The third kappa shape index (κ3) is 3.91. The van der Waals surface area contributed by atoms with Crippen LogP contribution in [0.2, 0.25) is 0 Å². The molecule has 0 aliphatic carbocycles. The number of para-hydroxylation sites is 2. The number of hydrogen-bond acceptors (Lipinski definition) is 4. The molecule has 0 N–H and O–H groups in total. The second kappa shape index (κ2) is 6.39. The molecule has 114 valence electrons. The maximum atomic E-state index is 13.6. The maximum absolute atomic E-state index is 13.6. The fourth-order valence-corrected chi connectivity index (χ4v) is 1.60. The molecule has 2 aromatic carbocycles. The van der Waals surface area contributed by atoms with Crippen LogP contribution in [0.3, 0.4) is 0 Å². The summed E-state index contributed by atoms with van der Waals surface area (Å²) < 4.78 is 23.7. The van der Waals surface area contributed by atoms with E-state index in [1.54, 1.807) is 42.5 Å². The highest BCUT2D eigenvalue weighted by Crippen LogP contribution is 2.23. The van der Waals surface area contributed by atoms with E-state index in [-0.39, 0.29) is 11.3 Å². The van der Waals surface area contributed by atoms with Gasteiger partial charge in [-0.25, -0.2) is 14.0 Å². The van der Waals surface area contributed by atoms with Gasteiger partial charge in [-0.15, -0.1) is 0 Å². The number of carbonyl (C=O) groups is 2. The molecule has 0 atom stereocenters. The fraction of sp³-hybridized carbons (Fsp3) is 0.176. The predicted octanol–water partition coefficient (Wildman–Crippen LogP) is 3.56. The Morgan fingerprint density at radius 2 is 1.50 bits per heavy atom. The molecule has 0 spiro atoms. The monoisotopic (exact) mass is 302 g/mol. The molecule has 0 saturated heterocycles. The Morgan fingerprint density at radius 3 is 2.14 bits per heavy atom. The van der Waals surface area contributed by atoms with E-state index in [1.165, 1.54) is 12.1 Å². The van der Waals surface area contributed by atoms with E-state index in [1.807, 2.05) is 0 Å². The molecule has 2 rings (SSSR count). The summed E-state index contributed by atoms with van der Waals surface area (Å²) in [4.78, 5) is 23.8. The minimum Gasteiger partial charge on any atom is -0.423 e. The second-order valence-electron chi connectivity index (χ2n) is 5.06. The molecule has 0 amide bonds. The lowest BCUT2D eigenvalue weighted by Crippen LogP contribution is -2.31. The van der Waals surface area contributed by atoms with E-state index in [9.17, 15) is 14.0 Å². The standard InChI is InChI=1S/C17H15FO4/c1-17(2,18)16(20)22-14-11-7-6-10-13(14)15(19)21-12-8-4-3-5-9-12/h3-11H,1-2H3. The van der Waals surface area contributed by atoms with Gasteiger partial charge >= 0.3 is 11.9 Å². The van der Waals surface area contributed by atoms with Crippen molar-refractivity contribution in [2.45, 2.75) is 19.5 Å². The van der Waals surface area contributed by atoms with Crippen LogP contribution in [0.15, 0.2) is 54.6 Å². The number of halogens is 1. The Kier molecular flexibility index (Phi) is 4.56. The van der Waals surface area contributed by atoms with Crippen LogP contribution in [-0.2, 0) is 4.79 Å². The topological polar surface area (TPSA) is 52.6 Å². The molecule has 0 aliphatic rings. The highest BCUT2D eigenvalue weighted by Gasteiger charge is 2.30. The van der Waals surface area contributed by atoms with Crippen molar-refractivity contribution in [3.8, 4) is 11.5 Å². The average molecular weight is 302 g/mol. The minimum absolute atomic E-state index is 0.0424. The molecule has 0 aromatic heterocycles. The summed E-state index contributed by atoms with van der Waals surface area (Å²) in [6.07, 6.45) is 0. The Hall–Kier alpha value is -2.69.